The van der Waals surface area contributed by atoms with Crippen molar-refractivity contribution in [2.45, 2.75) is 13.0 Å². The molecule has 0 fully saturated rings. The smallest absolute Gasteiger partial charge is 0.258 e. The molecule has 0 aliphatic carbocycles. The number of aryl methyl sites for hydroxylation is 1. The van der Waals surface area contributed by atoms with Gasteiger partial charge in [-0.25, -0.2) is 0 Å². The van der Waals surface area contributed by atoms with Crippen molar-refractivity contribution in [2.24, 2.45) is 0 Å². The molecule has 7 heteroatoms. The summed E-state index contributed by atoms with van der Waals surface area (Å²) in [6.45, 7) is 1.59. The second kappa shape index (κ2) is 7.54. The Bertz CT molecular complexity index is 657. The molecule has 2 aromatic rings. The normalized spacial score (nSPS) is 12.0. The van der Waals surface area contributed by atoms with Gasteiger partial charge >= 0.3 is 0 Å². The Morgan fingerprint density at radius 3 is 2.77 bits per heavy atom. The molecule has 0 saturated carbocycles. The van der Waals surface area contributed by atoms with Crippen LogP contribution in [0.5, 0.6) is 5.75 Å². The highest BCUT2D eigenvalue weighted by Gasteiger charge is 2.13. The first-order chi connectivity index (χ1) is 10.5. The maximum Gasteiger partial charge on any atom is 0.258 e. The molecule has 118 valence electrons. The lowest BCUT2D eigenvalue weighted by Gasteiger charge is -2.11. The minimum absolute atomic E-state index is 0.0312. The van der Waals surface area contributed by atoms with E-state index in [1.165, 1.54) is 6.07 Å². The fourth-order valence-corrected chi connectivity index (χ4v) is 2.19. The summed E-state index contributed by atoms with van der Waals surface area (Å²) in [6, 6.07) is 8.13. The summed E-state index contributed by atoms with van der Waals surface area (Å²) in [5.74, 6) is 1.08. The maximum absolute atomic E-state index is 11.7. The summed E-state index contributed by atoms with van der Waals surface area (Å²) < 4.78 is 10.6. The topological polar surface area (TPSA) is 71.7 Å². The second-order valence-electron chi connectivity index (χ2n) is 4.63. The Morgan fingerprint density at radius 1 is 1.36 bits per heavy atom. The Balaban J connectivity index is 1.78. The third-order valence-electron chi connectivity index (χ3n) is 2.83. The van der Waals surface area contributed by atoms with Crippen molar-refractivity contribution in [2.75, 3.05) is 13.2 Å². The fraction of sp³-hybridized carbons (Fsp3) is 0.267. The molecule has 0 aliphatic rings. The van der Waals surface area contributed by atoms with Crippen molar-refractivity contribution < 1.29 is 19.1 Å². The molecule has 0 radical (unpaired) electrons. The number of hydrogen-bond donors (Lipinski definition) is 2. The summed E-state index contributed by atoms with van der Waals surface area (Å²) in [5.41, 5.74) is 0. The second-order valence-corrected chi connectivity index (χ2v) is 5.48. The van der Waals surface area contributed by atoms with Crippen molar-refractivity contribution in [3.63, 3.8) is 0 Å². The van der Waals surface area contributed by atoms with Gasteiger partial charge in [0, 0.05) is 5.02 Å². The minimum Gasteiger partial charge on any atom is -0.482 e. The molecule has 22 heavy (non-hydrogen) atoms. The van der Waals surface area contributed by atoms with Crippen LogP contribution >= 0.6 is 23.2 Å². The van der Waals surface area contributed by atoms with Gasteiger partial charge in [0.1, 0.15) is 23.4 Å². The molecule has 0 aliphatic heterocycles. The molecule has 1 heterocycles. The Morgan fingerprint density at radius 2 is 2.14 bits per heavy atom. The van der Waals surface area contributed by atoms with E-state index in [-0.39, 0.29) is 19.1 Å². The Kier molecular flexibility index (Phi) is 5.71. The monoisotopic (exact) mass is 343 g/mol. The third-order valence-corrected chi connectivity index (χ3v) is 3.37. The number of ether oxygens (including phenoxy) is 1. The Labute approximate surface area is 137 Å². The Hall–Kier alpha value is -1.69. The summed E-state index contributed by atoms with van der Waals surface area (Å²) in [4.78, 5) is 11.7. The highest BCUT2D eigenvalue weighted by Crippen LogP contribution is 2.27. The number of carbonyl (C=O) groups is 1. The molecule has 1 amide bonds. The number of aliphatic hydroxyl groups is 1. The zero-order valence-electron chi connectivity index (χ0n) is 11.8. The highest BCUT2D eigenvalue weighted by molar-refractivity contribution is 6.35. The van der Waals surface area contributed by atoms with Crippen LogP contribution in [0.25, 0.3) is 0 Å². The summed E-state index contributed by atoms with van der Waals surface area (Å²) in [7, 11) is 0. The van der Waals surface area contributed by atoms with Crippen molar-refractivity contribution >= 4 is 29.1 Å². The predicted molar refractivity (Wildman–Crippen MR) is 83.4 cm³/mol. The standard InChI is InChI=1S/C15H15Cl2NO4/c1-9-2-4-14(22-9)12(19)7-18-15(20)8-21-13-5-3-10(16)6-11(13)17/h2-6,12,19H,7-8H2,1H3,(H,18,20)/t12-/m0/s1. The molecule has 2 rings (SSSR count). The highest BCUT2D eigenvalue weighted by atomic mass is 35.5. The van der Waals surface area contributed by atoms with E-state index < -0.39 is 6.10 Å². The third kappa shape index (κ3) is 4.66. The number of halogens is 2. The molecule has 2 N–H and O–H groups in total. The lowest BCUT2D eigenvalue weighted by Crippen LogP contribution is -2.32. The van der Waals surface area contributed by atoms with Crippen LogP contribution < -0.4 is 10.1 Å². The zero-order valence-corrected chi connectivity index (χ0v) is 13.3. The molecular weight excluding hydrogens is 329 g/mol. The van der Waals surface area contributed by atoms with E-state index in [1.807, 2.05) is 0 Å². The quantitative estimate of drug-likeness (QED) is 0.845. The number of aliphatic hydroxyl groups excluding tert-OH is 1. The van der Waals surface area contributed by atoms with Gasteiger partial charge in [-0.05, 0) is 37.3 Å². The lowest BCUT2D eigenvalue weighted by atomic mass is 10.3. The number of rotatable bonds is 6. The van der Waals surface area contributed by atoms with Crippen molar-refractivity contribution in [1.82, 2.24) is 5.32 Å². The number of amides is 1. The molecule has 0 unspecified atom stereocenters. The van der Waals surface area contributed by atoms with E-state index in [2.05, 4.69) is 5.32 Å². The first-order valence-corrected chi connectivity index (χ1v) is 7.30. The summed E-state index contributed by atoms with van der Waals surface area (Å²) >= 11 is 11.7. The van der Waals surface area contributed by atoms with E-state index in [9.17, 15) is 9.90 Å². The lowest BCUT2D eigenvalue weighted by molar-refractivity contribution is -0.123. The van der Waals surface area contributed by atoms with E-state index in [0.717, 1.165) is 0 Å². The van der Waals surface area contributed by atoms with Gasteiger partial charge in [0.15, 0.2) is 6.61 Å². The molecule has 5 nitrogen and oxygen atoms in total. The van der Waals surface area contributed by atoms with Crippen molar-refractivity contribution in [1.29, 1.82) is 0 Å². The fourth-order valence-electron chi connectivity index (χ4n) is 1.73. The molecule has 1 aromatic carbocycles. The van der Waals surface area contributed by atoms with Crippen LogP contribution in [0, 0.1) is 6.92 Å². The van der Waals surface area contributed by atoms with Gasteiger partial charge in [-0.2, -0.15) is 0 Å². The molecule has 1 atom stereocenters. The van der Waals surface area contributed by atoms with Gasteiger partial charge in [0.2, 0.25) is 0 Å². The zero-order chi connectivity index (χ0) is 16.1. The van der Waals surface area contributed by atoms with Crippen molar-refractivity contribution in [3.05, 3.63) is 51.9 Å². The molecule has 0 bridgehead atoms. The van der Waals surface area contributed by atoms with E-state index >= 15 is 0 Å². The van der Waals surface area contributed by atoms with Gasteiger partial charge < -0.3 is 19.6 Å². The SMILES string of the molecule is Cc1ccc([C@@H](O)CNC(=O)COc2ccc(Cl)cc2Cl)o1. The van der Waals surface area contributed by atoms with E-state index in [4.69, 9.17) is 32.4 Å². The molecule has 0 saturated heterocycles. The number of furan rings is 1. The summed E-state index contributed by atoms with van der Waals surface area (Å²) in [6.07, 6.45) is -0.906. The van der Waals surface area contributed by atoms with Gasteiger partial charge in [0.05, 0.1) is 11.6 Å². The van der Waals surface area contributed by atoms with E-state index in [1.54, 1.807) is 31.2 Å². The van der Waals surface area contributed by atoms with Crippen LogP contribution in [0.1, 0.15) is 17.6 Å². The van der Waals surface area contributed by atoms with Crippen LogP contribution in [0.4, 0.5) is 0 Å². The van der Waals surface area contributed by atoms with Crippen LogP contribution in [0.15, 0.2) is 34.7 Å². The summed E-state index contributed by atoms with van der Waals surface area (Å²) in [5, 5.41) is 13.2. The van der Waals surface area contributed by atoms with Gasteiger partial charge in [0.25, 0.3) is 5.91 Å². The first-order valence-electron chi connectivity index (χ1n) is 6.54. The molecule has 1 aromatic heterocycles. The van der Waals surface area contributed by atoms with Crippen LogP contribution in [-0.2, 0) is 4.79 Å². The number of benzene rings is 1. The molecular formula is C15H15Cl2NO4. The van der Waals surface area contributed by atoms with Gasteiger partial charge in [-0.3, -0.25) is 4.79 Å². The van der Waals surface area contributed by atoms with Crippen molar-refractivity contribution in [3.8, 4) is 5.75 Å². The number of carbonyl (C=O) groups excluding carboxylic acids is 1. The minimum atomic E-state index is -0.906. The largest absolute Gasteiger partial charge is 0.482 e. The number of hydrogen-bond acceptors (Lipinski definition) is 4. The van der Waals surface area contributed by atoms with Crippen LogP contribution in [0.2, 0.25) is 10.0 Å². The van der Waals surface area contributed by atoms with Crippen LogP contribution in [0.3, 0.4) is 0 Å². The average Bonchev–Trinajstić information content (AvgIpc) is 2.90. The van der Waals surface area contributed by atoms with Gasteiger partial charge in [-0.1, -0.05) is 23.2 Å². The van der Waals surface area contributed by atoms with Crippen LogP contribution in [-0.4, -0.2) is 24.2 Å². The van der Waals surface area contributed by atoms with E-state index in [0.29, 0.717) is 27.3 Å². The van der Waals surface area contributed by atoms with Gasteiger partial charge in [-0.15, -0.1) is 0 Å². The predicted octanol–water partition coefficient (Wildman–Crippen LogP) is 3.12. The average molecular weight is 344 g/mol. The first kappa shape index (κ1) is 16.7. The number of nitrogens with one attached hydrogen (secondary N) is 1. The molecule has 0 spiro atoms. The maximum atomic E-state index is 11.7.